The van der Waals surface area contributed by atoms with Crippen LogP contribution in [-0.4, -0.2) is 40.9 Å². The summed E-state index contributed by atoms with van der Waals surface area (Å²) in [6.45, 7) is 1.90. The first-order chi connectivity index (χ1) is 11.9. The number of aliphatic carboxylic acids is 1. The third kappa shape index (κ3) is 2.83. The van der Waals surface area contributed by atoms with Crippen LogP contribution in [0.4, 0.5) is 0 Å². The Balaban J connectivity index is 1.71. The molecule has 0 amide bonds. The van der Waals surface area contributed by atoms with Gasteiger partial charge in [-0.2, -0.15) is 4.31 Å². The number of thiazole rings is 1. The summed E-state index contributed by atoms with van der Waals surface area (Å²) in [4.78, 5) is 16.8. The van der Waals surface area contributed by atoms with Crippen molar-refractivity contribution in [2.45, 2.75) is 48.9 Å². The Bertz CT molecular complexity index is 917. The van der Waals surface area contributed by atoms with Crippen molar-refractivity contribution in [3.05, 3.63) is 22.5 Å². The zero-order chi connectivity index (χ0) is 17.8. The van der Waals surface area contributed by atoms with Crippen LogP contribution in [0.15, 0.2) is 21.7 Å². The van der Waals surface area contributed by atoms with Crippen LogP contribution in [0.25, 0.3) is 10.6 Å². The van der Waals surface area contributed by atoms with Gasteiger partial charge in [-0.1, -0.05) is 6.42 Å². The number of aromatic nitrogens is 1. The van der Waals surface area contributed by atoms with E-state index < -0.39 is 22.0 Å². The van der Waals surface area contributed by atoms with E-state index in [-0.39, 0.29) is 16.2 Å². The molecule has 0 spiro atoms. The normalized spacial score (nSPS) is 26.8. The molecule has 4 rings (SSSR count). The fourth-order valence-electron chi connectivity index (χ4n) is 3.98. The number of rotatable bonds is 4. The Morgan fingerprint density at radius 2 is 2.16 bits per heavy atom. The molecule has 1 aliphatic carbocycles. The van der Waals surface area contributed by atoms with Gasteiger partial charge in [-0.15, -0.1) is 22.7 Å². The van der Waals surface area contributed by atoms with E-state index in [0.29, 0.717) is 6.42 Å². The highest BCUT2D eigenvalue weighted by molar-refractivity contribution is 7.91. The molecule has 1 saturated carbocycles. The molecule has 3 heterocycles. The smallest absolute Gasteiger partial charge is 0.322 e. The lowest BCUT2D eigenvalue weighted by molar-refractivity contribution is -0.141. The summed E-state index contributed by atoms with van der Waals surface area (Å²) in [5.74, 6) is -0.888. The highest BCUT2D eigenvalue weighted by atomic mass is 32.2. The number of sulfonamides is 1. The van der Waals surface area contributed by atoms with Crippen molar-refractivity contribution in [3.63, 3.8) is 0 Å². The van der Waals surface area contributed by atoms with Gasteiger partial charge in [0.05, 0.1) is 15.6 Å². The van der Waals surface area contributed by atoms with Crippen LogP contribution in [0, 0.1) is 12.8 Å². The average molecular weight is 399 g/mol. The van der Waals surface area contributed by atoms with E-state index in [4.69, 9.17) is 0 Å². The monoisotopic (exact) mass is 398 g/mol. The number of fused-ring (bicyclic) bond motifs is 1. The van der Waals surface area contributed by atoms with Gasteiger partial charge in [-0.25, -0.2) is 13.4 Å². The molecule has 1 N–H and O–H groups in total. The predicted molar refractivity (Wildman–Crippen MR) is 96.4 cm³/mol. The van der Waals surface area contributed by atoms with E-state index in [9.17, 15) is 18.3 Å². The third-order valence-corrected chi connectivity index (χ3v) is 9.33. The number of hydrogen-bond donors (Lipinski definition) is 1. The van der Waals surface area contributed by atoms with Gasteiger partial charge < -0.3 is 5.11 Å². The Morgan fingerprint density at radius 3 is 2.84 bits per heavy atom. The minimum Gasteiger partial charge on any atom is -0.480 e. The van der Waals surface area contributed by atoms with Crippen molar-refractivity contribution < 1.29 is 18.3 Å². The molecule has 25 heavy (non-hydrogen) atoms. The Labute approximate surface area is 154 Å². The highest BCUT2D eigenvalue weighted by Gasteiger charge is 2.52. The molecule has 2 fully saturated rings. The second-order valence-corrected chi connectivity index (χ2v) is 10.8. The number of hydrogen-bond acceptors (Lipinski definition) is 6. The summed E-state index contributed by atoms with van der Waals surface area (Å²) < 4.78 is 27.9. The van der Waals surface area contributed by atoms with Crippen LogP contribution in [0.1, 0.15) is 30.7 Å². The molecular weight excluding hydrogens is 380 g/mol. The molecule has 0 bridgehead atoms. The number of aryl methyl sites for hydroxylation is 1. The van der Waals surface area contributed by atoms with E-state index in [1.807, 2.05) is 12.3 Å². The number of thiophene rings is 1. The Morgan fingerprint density at radius 1 is 1.36 bits per heavy atom. The molecule has 1 aliphatic heterocycles. The lowest BCUT2D eigenvalue weighted by Crippen LogP contribution is -2.44. The van der Waals surface area contributed by atoms with Gasteiger partial charge in [0.1, 0.15) is 10.3 Å². The van der Waals surface area contributed by atoms with Crippen molar-refractivity contribution in [1.82, 2.24) is 9.29 Å². The summed E-state index contributed by atoms with van der Waals surface area (Å²) in [6.07, 6.45) is 3.04. The SMILES string of the molecule is Cc1nc(-c2ccc(S(=O)(=O)N3[C@@H](C(=O)O)CC4CCC[C@H]43)s2)cs1. The topological polar surface area (TPSA) is 87.6 Å². The Hall–Kier alpha value is -1.29. The van der Waals surface area contributed by atoms with E-state index in [2.05, 4.69) is 4.98 Å². The molecule has 2 aliphatic rings. The average Bonchev–Trinajstić information content (AvgIpc) is 3.29. The second-order valence-electron chi connectivity index (χ2n) is 6.55. The quantitative estimate of drug-likeness (QED) is 0.854. The molecule has 9 heteroatoms. The van der Waals surface area contributed by atoms with Crippen LogP contribution < -0.4 is 0 Å². The van der Waals surface area contributed by atoms with Crippen LogP contribution in [0.2, 0.25) is 0 Å². The van der Waals surface area contributed by atoms with Crippen molar-refractivity contribution >= 4 is 38.7 Å². The number of carboxylic acids is 1. The largest absolute Gasteiger partial charge is 0.480 e. The van der Waals surface area contributed by atoms with Crippen LogP contribution in [0.5, 0.6) is 0 Å². The summed E-state index contributed by atoms with van der Waals surface area (Å²) in [5.41, 5.74) is 0.767. The molecule has 2 aromatic heterocycles. The molecule has 3 atom stereocenters. The van der Waals surface area contributed by atoms with Gasteiger partial charge in [-0.05, 0) is 44.2 Å². The predicted octanol–water partition coefficient (Wildman–Crippen LogP) is 3.20. The molecule has 1 saturated heterocycles. The van der Waals surface area contributed by atoms with E-state index >= 15 is 0 Å². The van der Waals surface area contributed by atoms with Gasteiger partial charge in [0, 0.05) is 11.4 Å². The zero-order valence-electron chi connectivity index (χ0n) is 13.6. The van der Waals surface area contributed by atoms with Crippen molar-refractivity contribution in [3.8, 4) is 10.6 Å². The summed E-state index contributed by atoms with van der Waals surface area (Å²) in [6, 6.07) is 2.19. The first kappa shape index (κ1) is 17.1. The maximum Gasteiger partial charge on any atom is 0.322 e. The van der Waals surface area contributed by atoms with Gasteiger partial charge in [-0.3, -0.25) is 4.79 Å². The molecule has 2 aromatic rings. The fraction of sp³-hybridized carbons (Fsp3) is 0.500. The lowest BCUT2D eigenvalue weighted by atomic mass is 10.0. The Kier molecular flexibility index (Phi) is 4.22. The highest BCUT2D eigenvalue weighted by Crippen LogP contribution is 2.45. The molecule has 0 radical (unpaired) electrons. The standard InChI is InChI=1S/C16H18N2O4S3/c1-9-17-11(8-23-9)14-5-6-15(24-14)25(21,22)18-12-4-2-3-10(12)7-13(18)16(19)20/h5-6,8,10,12-13H,2-4,7H2,1H3,(H,19,20)/t10?,12-,13-/m1/s1. The third-order valence-electron chi connectivity index (χ3n) is 5.05. The second kappa shape index (κ2) is 6.15. The van der Waals surface area contributed by atoms with Gasteiger partial charge in [0.2, 0.25) is 0 Å². The maximum absolute atomic E-state index is 13.2. The van der Waals surface area contributed by atoms with Crippen molar-refractivity contribution in [1.29, 1.82) is 0 Å². The van der Waals surface area contributed by atoms with E-state index in [1.54, 1.807) is 12.1 Å². The first-order valence-corrected chi connectivity index (χ1v) is 11.3. The minimum absolute atomic E-state index is 0.163. The van der Waals surface area contributed by atoms with Crippen LogP contribution >= 0.6 is 22.7 Å². The van der Waals surface area contributed by atoms with Gasteiger partial charge in [0.15, 0.2) is 0 Å². The first-order valence-electron chi connectivity index (χ1n) is 8.16. The zero-order valence-corrected chi connectivity index (χ0v) is 16.0. The van der Waals surface area contributed by atoms with Crippen molar-refractivity contribution in [2.75, 3.05) is 0 Å². The van der Waals surface area contributed by atoms with E-state index in [1.165, 1.54) is 15.6 Å². The van der Waals surface area contributed by atoms with Crippen molar-refractivity contribution in [2.24, 2.45) is 5.92 Å². The molecule has 0 aromatic carbocycles. The minimum atomic E-state index is -3.82. The number of carboxylic acid groups (broad SMARTS) is 1. The molecule has 134 valence electrons. The summed E-state index contributed by atoms with van der Waals surface area (Å²) >= 11 is 2.68. The van der Waals surface area contributed by atoms with Gasteiger partial charge >= 0.3 is 5.97 Å². The van der Waals surface area contributed by atoms with Crippen LogP contribution in [-0.2, 0) is 14.8 Å². The fourth-order valence-corrected chi connectivity index (χ4v) is 7.91. The number of nitrogens with zero attached hydrogens (tertiary/aromatic N) is 2. The molecule has 1 unspecified atom stereocenters. The summed E-state index contributed by atoms with van der Waals surface area (Å²) in [5, 5.41) is 12.4. The summed E-state index contributed by atoms with van der Waals surface area (Å²) in [7, 11) is -3.82. The molecule has 6 nitrogen and oxygen atoms in total. The maximum atomic E-state index is 13.2. The lowest BCUT2D eigenvalue weighted by Gasteiger charge is -2.25. The van der Waals surface area contributed by atoms with Gasteiger partial charge in [0.25, 0.3) is 10.0 Å². The molecular formula is C16H18N2O4S3. The van der Waals surface area contributed by atoms with E-state index in [0.717, 1.165) is 46.2 Å². The number of carbonyl (C=O) groups is 1. The van der Waals surface area contributed by atoms with Crippen LogP contribution in [0.3, 0.4) is 0 Å².